The molecule has 5 rings (SSSR count). The highest BCUT2D eigenvalue weighted by Crippen LogP contribution is 2.38. The van der Waals surface area contributed by atoms with Gasteiger partial charge in [0.15, 0.2) is 0 Å². The van der Waals surface area contributed by atoms with Crippen LogP contribution in [0.2, 0.25) is 0 Å². The number of benzene rings is 4. The molecular weight excluding hydrogens is 498 g/mol. The number of methoxy groups -OCH3 is 2. The number of hydrogen-bond donors (Lipinski definition) is 1. The van der Waals surface area contributed by atoms with Gasteiger partial charge in [-0.15, -0.1) is 0 Å². The fourth-order valence-corrected chi connectivity index (χ4v) is 4.81. The van der Waals surface area contributed by atoms with Crippen molar-refractivity contribution in [3.63, 3.8) is 0 Å². The number of rotatable bonds is 8. The second-order valence-corrected chi connectivity index (χ2v) is 9.10. The average Bonchev–Trinajstić information content (AvgIpc) is 3.45. The van der Waals surface area contributed by atoms with Crippen LogP contribution in [-0.4, -0.2) is 34.0 Å². The van der Waals surface area contributed by atoms with Crippen molar-refractivity contribution >= 4 is 51.9 Å². The molecule has 0 aliphatic heterocycles. The largest absolute Gasteiger partial charge is 0.497 e. The number of aromatic nitrogens is 2. The van der Waals surface area contributed by atoms with Crippen molar-refractivity contribution in [2.45, 2.75) is 6.92 Å². The predicted molar refractivity (Wildman–Crippen MR) is 152 cm³/mol. The third kappa shape index (κ3) is 4.94. The molecule has 0 atom stereocenters. The molecule has 5 aromatic rings. The molecule has 0 saturated heterocycles. The van der Waals surface area contributed by atoms with Gasteiger partial charge in [-0.3, -0.25) is 0 Å². The van der Waals surface area contributed by atoms with E-state index in [2.05, 4.69) is 37.9 Å². The number of aliphatic carboxylic acids is 1. The molecule has 7 nitrogen and oxygen atoms in total. The second-order valence-electron chi connectivity index (χ2n) is 8.57. The Morgan fingerprint density at radius 3 is 1.76 bits per heavy atom. The van der Waals surface area contributed by atoms with Crippen LogP contribution >= 0.6 is 11.7 Å². The zero-order valence-corrected chi connectivity index (χ0v) is 21.9. The Bertz CT molecular complexity index is 1560. The van der Waals surface area contributed by atoms with Gasteiger partial charge in [-0.2, -0.15) is 8.75 Å². The van der Waals surface area contributed by atoms with Gasteiger partial charge in [0.2, 0.25) is 0 Å². The minimum atomic E-state index is -0.959. The first-order chi connectivity index (χ1) is 18.5. The van der Waals surface area contributed by atoms with E-state index in [0.717, 1.165) is 62.5 Å². The summed E-state index contributed by atoms with van der Waals surface area (Å²) >= 11 is 1.11. The molecule has 0 bridgehead atoms. The Morgan fingerprint density at radius 2 is 1.26 bits per heavy atom. The molecule has 1 aromatic heterocycles. The lowest BCUT2D eigenvalue weighted by Crippen LogP contribution is -2.09. The summed E-state index contributed by atoms with van der Waals surface area (Å²) in [5.74, 6) is 0.618. The predicted octanol–water partition coefficient (Wildman–Crippen LogP) is 7.33. The van der Waals surface area contributed by atoms with Gasteiger partial charge in [0, 0.05) is 33.8 Å². The number of carboxylic acids is 1. The molecule has 1 N–H and O–H groups in total. The molecule has 0 unspecified atom stereocenters. The molecule has 0 fully saturated rings. The topological polar surface area (TPSA) is 84.8 Å². The number of nitrogens with zero attached hydrogens (tertiary/aromatic N) is 3. The lowest BCUT2D eigenvalue weighted by molar-refractivity contribution is -0.132. The number of ether oxygens (including phenoxy) is 2. The summed E-state index contributed by atoms with van der Waals surface area (Å²) in [7, 11) is 3.31. The van der Waals surface area contributed by atoms with Crippen LogP contribution in [0.25, 0.3) is 28.2 Å². The maximum absolute atomic E-state index is 11.3. The van der Waals surface area contributed by atoms with Crippen LogP contribution in [-0.2, 0) is 4.79 Å². The van der Waals surface area contributed by atoms with Gasteiger partial charge in [0.25, 0.3) is 0 Å². The van der Waals surface area contributed by atoms with E-state index in [-0.39, 0.29) is 5.57 Å². The Labute approximate surface area is 224 Å². The van der Waals surface area contributed by atoms with Crippen LogP contribution in [0.3, 0.4) is 0 Å². The van der Waals surface area contributed by atoms with Crippen molar-refractivity contribution in [1.82, 2.24) is 8.75 Å². The number of anilines is 3. The van der Waals surface area contributed by atoms with Gasteiger partial charge in [0.1, 0.15) is 22.5 Å². The standard InChI is InChI=1S/C30H25N3O4S/c1-19(30(34)35)18-21-6-17-27(29-28(21)31-38-32-29)20-4-7-22(8-5-20)33(23-9-13-25(36-2)14-10-23)24-11-15-26(37-3)16-12-24/h4-18H,1-3H3,(H,34,35)/b19-18+. The molecule has 0 aliphatic rings. The Morgan fingerprint density at radius 1 is 0.763 bits per heavy atom. The third-order valence-electron chi connectivity index (χ3n) is 6.25. The van der Waals surface area contributed by atoms with E-state index in [1.54, 1.807) is 27.2 Å². The molecule has 4 aromatic carbocycles. The van der Waals surface area contributed by atoms with E-state index in [0.29, 0.717) is 5.52 Å². The van der Waals surface area contributed by atoms with E-state index >= 15 is 0 Å². The molecule has 0 saturated carbocycles. The van der Waals surface area contributed by atoms with Crippen LogP contribution in [0.5, 0.6) is 11.5 Å². The van der Waals surface area contributed by atoms with Crippen molar-refractivity contribution in [3.05, 3.63) is 96.1 Å². The molecule has 190 valence electrons. The Kier molecular flexibility index (Phi) is 7.06. The first-order valence-corrected chi connectivity index (χ1v) is 12.6. The number of fused-ring (bicyclic) bond motifs is 1. The van der Waals surface area contributed by atoms with Crippen LogP contribution in [0.15, 0.2) is 90.5 Å². The normalized spacial score (nSPS) is 11.4. The highest BCUT2D eigenvalue weighted by Gasteiger charge is 2.15. The number of carboxylic acid groups (broad SMARTS) is 1. The van der Waals surface area contributed by atoms with Crippen molar-refractivity contribution in [2.24, 2.45) is 0 Å². The van der Waals surface area contributed by atoms with Crippen molar-refractivity contribution in [2.75, 3.05) is 19.1 Å². The Balaban J connectivity index is 1.54. The zero-order valence-electron chi connectivity index (χ0n) is 21.1. The summed E-state index contributed by atoms with van der Waals surface area (Å²) < 4.78 is 19.6. The van der Waals surface area contributed by atoms with Crippen LogP contribution in [0.1, 0.15) is 12.5 Å². The molecule has 0 radical (unpaired) electrons. The van der Waals surface area contributed by atoms with Crippen LogP contribution in [0, 0.1) is 0 Å². The molecule has 38 heavy (non-hydrogen) atoms. The average molecular weight is 524 g/mol. The highest BCUT2D eigenvalue weighted by molar-refractivity contribution is 7.00. The summed E-state index contributed by atoms with van der Waals surface area (Å²) in [6.45, 7) is 1.57. The van der Waals surface area contributed by atoms with E-state index in [9.17, 15) is 9.90 Å². The third-order valence-corrected chi connectivity index (χ3v) is 6.78. The van der Waals surface area contributed by atoms with E-state index < -0.39 is 5.97 Å². The quantitative estimate of drug-likeness (QED) is 0.213. The first-order valence-electron chi connectivity index (χ1n) is 11.8. The van der Waals surface area contributed by atoms with Crippen molar-refractivity contribution in [3.8, 4) is 22.6 Å². The van der Waals surface area contributed by atoms with Gasteiger partial charge in [-0.05, 0) is 79.2 Å². The summed E-state index contributed by atoms with van der Waals surface area (Å²) in [6.07, 6.45) is 1.63. The number of hydrogen-bond acceptors (Lipinski definition) is 7. The van der Waals surface area contributed by atoms with E-state index in [1.807, 2.05) is 60.7 Å². The fraction of sp³-hybridized carbons (Fsp3) is 0.100. The summed E-state index contributed by atoms with van der Waals surface area (Å²) in [5.41, 5.74) is 7.29. The van der Waals surface area contributed by atoms with Gasteiger partial charge in [-0.25, -0.2) is 4.79 Å². The maximum Gasteiger partial charge on any atom is 0.331 e. The minimum Gasteiger partial charge on any atom is -0.497 e. The molecule has 0 spiro atoms. The fourth-order valence-electron chi connectivity index (χ4n) is 4.23. The smallest absolute Gasteiger partial charge is 0.331 e. The number of carbonyl (C=O) groups is 1. The SMILES string of the molecule is COc1ccc(N(c2ccc(OC)cc2)c2ccc(-c3ccc(/C=C(\C)C(=O)O)c4nsnc34)cc2)cc1. The summed E-state index contributed by atoms with van der Waals surface area (Å²) in [4.78, 5) is 13.5. The van der Waals surface area contributed by atoms with E-state index in [1.165, 1.54) is 0 Å². The lowest BCUT2D eigenvalue weighted by atomic mass is 10.00. The van der Waals surface area contributed by atoms with Crippen LogP contribution < -0.4 is 14.4 Å². The summed E-state index contributed by atoms with van der Waals surface area (Å²) in [6, 6.07) is 27.9. The zero-order chi connectivity index (χ0) is 26.6. The van der Waals surface area contributed by atoms with Gasteiger partial charge < -0.3 is 19.5 Å². The molecule has 0 aliphatic carbocycles. The van der Waals surface area contributed by atoms with Crippen molar-refractivity contribution in [1.29, 1.82) is 0 Å². The summed E-state index contributed by atoms with van der Waals surface area (Å²) in [5, 5.41) is 9.27. The molecule has 8 heteroatoms. The maximum atomic E-state index is 11.3. The van der Waals surface area contributed by atoms with Crippen molar-refractivity contribution < 1.29 is 19.4 Å². The highest BCUT2D eigenvalue weighted by atomic mass is 32.1. The van der Waals surface area contributed by atoms with Gasteiger partial charge in [-0.1, -0.05) is 24.3 Å². The van der Waals surface area contributed by atoms with E-state index in [4.69, 9.17) is 9.47 Å². The monoisotopic (exact) mass is 523 g/mol. The molecular formula is C30H25N3O4S. The lowest BCUT2D eigenvalue weighted by Gasteiger charge is -2.26. The Hall–Kier alpha value is -4.69. The molecule has 0 amide bonds. The van der Waals surface area contributed by atoms with Gasteiger partial charge >= 0.3 is 5.97 Å². The first kappa shape index (κ1) is 25.0. The van der Waals surface area contributed by atoms with Crippen LogP contribution in [0.4, 0.5) is 17.1 Å². The second kappa shape index (κ2) is 10.7. The molecule has 1 heterocycles. The van der Waals surface area contributed by atoms with Gasteiger partial charge in [0.05, 0.1) is 25.9 Å². The minimum absolute atomic E-state index is 0.244.